The number of fused-ring (bicyclic) bond motifs is 1. The van der Waals surface area contributed by atoms with E-state index in [1.165, 1.54) is 11.1 Å². The number of aliphatic imine (C=N–C) groups is 1. The molecule has 1 aliphatic heterocycles. The van der Waals surface area contributed by atoms with Crippen LogP contribution in [-0.2, 0) is 17.8 Å². The molecule has 0 bridgehead atoms. The molecule has 6 nitrogen and oxygen atoms in total. The first-order chi connectivity index (χ1) is 13.8. The van der Waals surface area contributed by atoms with Crippen molar-refractivity contribution in [2.45, 2.75) is 32.0 Å². The highest BCUT2D eigenvalue weighted by Crippen LogP contribution is 2.14. The number of ether oxygens (including phenoxy) is 1. The van der Waals surface area contributed by atoms with Gasteiger partial charge in [-0.15, -0.1) is 0 Å². The van der Waals surface area contributed by atoms with Crippen LogP contribution >= 0.6 is 0 Å². The van der Waals surface area contributed by atoms with Gasteiger partial charge in [0.15, 0.2) is 5.96 Å². The zero-order valence-corrected chi connectivity index (χ0v) is 16.3. The predicted molar refractivity (Wildman–Crippen MR) is 112 cm³/mol. The molecule has 1 unspecified atom stereocenters. The van der Waals surface area contributed by atoms with E-state index in [0.29, 0.717) is 6.10 Å². The first kappa shape index (κ1) is 18.5. The predicted octanol–water partition coefficient (Wildman–Crippen LogP) is 2.93. The molecule has 0 saturated carbocycles. The van der Waals surface area contributed by atoms with Gasteiger partial charge in [-0.3, -0.25) is 4.99 Å². The van der Waals surface area contributed by atoms with Gasteiger partial charge in [-0.05, 0) is 36.1 Å². The molecule has 0 spiro atoms. The molecule has 1 aliphatic rings. The summed E-state index contributed by atoms with van der Waals surface area (Å²) < 4.78 is 7.82. The standard InChI is InChI=1S/C22H27N5O/c1-23-22(25-14-19-5-4-12-28-19)24-13-17-8-10-18(11-9-17)15-27-16-26-20-6-2-3-7-21(20)27/h2-3,6-11,16,19H,4-5,12-15H2,1H3,(H2,23,24,25). The molecule has 1 aromatic heterocycles. The summed E-state index contributed by atoms with van der Waals surface area (Å²) in [5.41, 5.74) is 4.67. The summed E-state index contributed by atoms with van der Waals surface area (Å²) in [7, 11) is 1.80. The number of guanidine groups is 1. The van der Waals surface area contributed by atoms with E-state index in [2.05, 4.69) is 61.6 Å². The molecule has 1 saturated heterocycles. The largest absolute Gasteiger partial charge is 0.376 e. The number of nitrogens with one attached hydrogen (secondary N) is 2. The first-order valence-corrected chi connectivity index (χ1v) is 9.85. The Morgan fingerprint density at radius 2 is 1.96 bits per heavy atom. The number of rotatable bonds is 6. The summed E-state index contributed by atoms with van der Waals surface area (Å²) in [6.45, 7) is 3.23. The van der Waals surface area contributed by atoms with Crippen LogP contribution in [0, 0.1) is 0 Å². The maximum absolute atomic E-state index is 5.64. The van der Waals surface area contributed by atoms with E-state index < -0.39 is 0 Å². The van der Waals surface area contributed by atoms with Crippen molar-refractivity contribution in [3.63, 3.8) is 0 Å². The molecule has 6 heteroatoms. The average molecular weight is 377 g/mol. The number of para-hydroxylation sites is 2. The van der Waals surface area contributed by atoms with Gasteiger partial charge in [-0.25, -0.2) is 4.98 Å². The average Bonchev–Trinajstić information content (AvgIpc) is 3.40. The van der Waals surface area contributed by atoms with Crippen molar-refractivity contribution < 1.29 is 4.74 Å². The minimum Gasteiger partial charge on any atom is -0.376 e. The second-order valence-electron chi connectivity index (χ2n) is 7.12. The van der Waals surface area contributed by atoms with Crippen molar-refractivity contribution in [3.8, 4) is 0 Å². The van der Waals surface area contributed by atoms with Crippen molar-refractivity contribution in [2.24, 2.45) is 4.99 Å². The molecule has 1 atom stereocenters. The fraction of sp³-hybridized carbons (Fsp3) is 0.364. The van der Waals surface area contributed by atoms with Gasteiger partial charge in [0.2, 0.25) is 0 Å². The smallest absolute Gasteiger partial charge is 0.191 e. The van der Waals surface area contributed by atoms with Crippen molar-refractivity contribution >= 4 is 17.0 Å². The molecule has 2 heterocycles. The highest BCUT2D eigenvalue weighted by atomic mass is 16.5. The van der Waals surface area contributed by atoms with Crippen molar-refractivity contribution in [1.82, 2.24) is 20.2 Å². The van der Waals surface area contributed by atoms with Gasteiger partial charge in [0.25, 0.3) is 0 Å². The van der Waals surface area contributed by atoms with E-state index >= 15 is 0 Å². The Morgan fingerprint density at radius 3 is 2.75 bits per heavy atom. The number of hydrogen-bond donors (Lipinski definition) is 2. The fourth-order valence-corrected chi connectivity index (χ4v) is 3.52. The Kier molecular flexibility index (Phi) is 5.87. The molecule has 0 radical (unpaired) electrons. The van der Waals surface area contributed by atoms with Gasteiger partial charge in [0.1, 0.15) is 0 Å². The van der Waals surface area contributed by atoms with Crippen LogP contribution in [0.1, 0.15) is 24.0 Å². The molecule has 0 aliphatic carbocycles. The Hall–Kier alpha value is -2.86. The Balaban J connectivity index is 1.30. The summed E-state index contributed by atoms with van der Waals surface area (Å²) >= 11 is 0. The van der Waals surface area contributed by atoms with Crippen LogP contribution in [-0.4, -0.2) is 41.8 Å². The molecule has 0 amide bonds. The third-order valence-electron chi connectivity index (χ3n) is 5.11. The van der Waals surface area contributed by atoms with Gasteiger partial charge >= 0.3 is 0 Å². The van der Waals surface area contributed by atoms with E-state index in [-0.39, 0.29) is 0 Å². The van der Waals surface area contributed by atoms with E-state index in [1.54, 1.807) is 7.05 Å². The lowest BCUT2D eigenvalue weighted by Crippen LogP contribution is -2.40. The minimum atomic E-state index is 0.303. The molecular formula is C22H27N5O. The molecule has 28 heavy (non-hydrogen) atoms. The van der Waals surface area contributed by atoms with Gasteiger partial charge in [0, 0.05) is 33.3 Å². The normalized spacial score (nSPS) is 17.2. The molecule has 1 fully saturated rings. The molecule has 4 rings (SSSR count). The van der Waals surface area contributed by atoms with Crippen LogP contribution in [0.3, 0.4) is 0 Å². The van der Waals surface area contributed by atoms with Crippen LogP contribution in [0.25, 0.3) is 11.0 Å². The van der Waals surface area contributed by atoms with Crippen LogP contribution in [0.15, 0.2) is 59.9 Å². The second-order valence-corrected chi connectivity index (χ2v) is 7.12. The molecule has 2 aromatic carbocycles. The maximum atomic E-state index is 5.64. The van der Waals surface area contributed by atoms with Gasteiger partial charge < -0.3 is 19.9 Å². The van der Waals surface area contributed by atoms with Crippen LogP contribution in [0.4, 0.5) is 0 Å². The third-order valence-corrected chi connectivity index (χ3v) is 5.11. The highest BCUT2D eigenvalue weighted by molar-refractivity contribution is 5.79. The maximum Gasteiger partial charge on any atom is 0.191 e. The van der Waals surface area contributed by atoms with Crippen molar-refractivity contribution in [3.05, 3.63) is 66.0 Å². The summed E-state index contributed by atoms with van der Waals surface area (Å²) in [4.78, 5) is 8.75. The number of aromatic nitrogens is 2. The summed E-state index contributed by atoms with van der Waals surface area (Å²) in [5, 5.41) is 6.71. The Morgan fingerprint density at radius 1 is 1.14 bits per heavy atom. The SMILES string of the molecule is CN=C(NCc1ccc(Cn2cnc3ccccc32)cc1)NCC1CCCO1. The lowest BCUT2D eigenvalue weighted by Gasteiger charge is -2.15. The van der Waals surface area contributed by atoms with E-state index in [0.717, 1.165) is 56.1 Å². The number of imidazole rings is 1. The molecular weight excluding hydrogens is 350 g/mol. The van der Waals surface area contributed by atoms with Gasteiger partial charge in [-0.1, -0.05) is 36.4 Å². The monoisotopic (exact) mass is 377 g/mol. The third kappa shape index (κ3) is 4.51. The summed E-state index contributed by atoms with van der Waals surface area (Å²) in [5.74, 6) is 0.810. The van der Waals surface area contributed by atoms with Gasteiger partial charge in [-0.2, -0.15) is 0 Å². The Bertz CT molecular complexity index is 926. The number of hydrogen-bond acceptors (Lipinski definition) is 3. The summed E-state index contributed by atoms with van der Waals surface area (Å²) in [6, 6.07) is 16.9. The number of benzene rings is 2. The van der Waals surface area contributed by atoms with Crippen molar-refractivity contribution in [2.75, 3.05) is 20.2 Å². The zero-order chi connectivity index (χ0) is 19.2. The minimum absolute atomic E-state index is 0.303. The lowest BCUT2D eigenvalue weighted by atomic mass is 10.1. The van der Waals surface area contributed by atoms with E-state index in [9.17, 15) is 0 Å². The molecule has 3 aromatic rings. The van der Waals surface area contributed by atoms with Crippen LogP contribution in [0.5, 0.6) is 0 Å². The number of nitrogens with zero attached hydrogens (tertiary/aromatic N) is 3. The first-order valence-electron chi connectivity index (χ1n) is 9.85. The van der Waals surface area contributed by atoms with Crippen LogP contribution < -0.4 is 10.6 Å². The fourth-order valence-electron chi connectivity index (χ4n) is 3.52. The topological polar surface area (TPSA) is 63.5 Å². The lowest BCUT2D eigenvalue weighted by molar-refractivity contribution is 0.114. The van der Waals surface area contributed by atoms with E-state index in [1.807, 2.05) is 18.5 Å². The highest BCUT2D eigenvalue weighted by Gasteiger charge is 2.15. The summed E-state index contributed by atoms with van der Waals surface area (Å²) in [6.07, 6.45) is 4.48. The van der Waals surface area contributed by atoms with E-state index in [4.69, 9.17) is 4.74 Å². The van der Waals surface area contributed by atoms with Gasteiger partial charge in [0.05, 0.1) is 23.5 Å². The van der Waals surface area contributed by atoms with Crippen LogP contribution in [0.2, 0.25) is 0 Å². The Labute approximate surface area is 165 Å². The second kappa shape index (κ2) is 8.89. The molecule has 146 valence electrons. The zero-order valence-electron chi connectivity index (χ0n) is 16.3. The molecule has 2 N–H and O–H groups in total. The van der Waals surface area contributed by atoms with Crippen molar-refractivity contribution in [1.29, 1.82) is 0 Å². The quantitative estimate of drug-likeness (QED) is 0.512.